The minimum absolute atomic E-state index is 0.0346. The lowest BCUT2D eigenvalue weighted by atomic mass is 10.1. The van der Waals surface area contributed by atoms with Crippen LogP contribution in [0.4, 0.5) is 0 Å². The van der Waals surface area contributed by atoms with Crippen molar-refractivity contribution < 1.29 is 27.5 Å². The quantitative estimate of drug-likeness (QED) is 0.609. The van der Waals surface area contributed by atoms with E-state index in [1.807, 2.05) is 13.8 Å². The van der Waals surface area contributed by atoms with Gasteiger partial charge in [0, 0.05) is 12.6 Å². The number of benzene rings is 1. The average Bonchev–Trinajstić information content (AvgIpc) is 3.00. The number of carbonyl (C=O) groups excluding carboxylic acids is 2. The number of amides is 1. The predicted octanol–water partition coefficient (Wildman–Crippen LogP) is 2.19. The average molecular weight is 412 g/mol. The fourth-order valence-electron chi connectivity index (χ4n) is 3.13. The van der Waals surface area contributed by atoms with Gasteiger partial charge in [0.05, 0.1) is 29.8 Å². The first-order chi connectivity index (χ1) is 13.1. The molecule has 7 nitrogen and oxygen atoms in total. The Morgan fingerprint density at radius 2 is 1.82 bits per heavy atom. The summed E-state index contributed by atoms with van der Waals surface area (Å²) in [6.45, 7) is 8.02. The number of likely N-dealkylation sites (N-methyl/N-ethyl adjacent to an activating group) is 1. The van der Waals surface area contributed by atoms with Crippen LogP contribution >= 0.6 is 0 Å². The number of hydrogen-bond donors (Lipinski definition) is 0. The highest BCUT2D eigenvalue weighted by molar-refractivity contribution is 7.91. The topological polar surface area (TPSA) is 90.0 Å². The van der Waals surface area contributed by atoms with Crippen molar-refractivity contribution in [2.45, 2.75) is 59.0 Å². The van der Waals surface area contributed by atoms with Crippen molar-refractivity contribution in [1.82, 2.24) is 4.90 Å². The van der Waals surface area contributed by atoms with Crippen molar-refractivity contribution in [2.75, 3.05) is 18.1 Å². The van der Waals surface area contributed by atoms with Gasteiger partial charge in [0.2, 0.25) is 0 Å². The number of sulfone groups is 1. The largest absolute Gasteiger partial charge is 0.449 e. The third-order valence-electron chi connectivity index (χ3n) is 4.68. The first kappa shape index (κ1) is 22.4. The third-order valence-corrected chi connectivity index (χ3v) is 6.43. The SMILES string of the molecule is CCN(C(=O)[C@@H](C)OC(=O)c1ccc(COC(C)C)cc1)[C@@H]1CCS(=O)(=O)C1. The fourth-order valence-corrected chi connectivity index (χ4v) is 4.86. The summed E-state index contributed by atoms with van der Waals surface area (Å²) < 4.78 is 34.2. The standard InChI is InChI=1S/C20H29NO6S/c1-5-21(18-10-11-28(24,25)13-18)19(22)15(4)27-20(23)17-8-6-16(7-9-17)12-26-14(2)3/h6-9,14-15,18H,5,10-13H2,1-4H3/t15-,18-/m1/s1. The molecular weight excluding hydrogens is 382 g/mol. The van der Waals surface area contributed by atoms with Gasteiger partial charge in [0.25, 0.3) is 5.91 Å². The van der Waals surface area contributed by atoms with Crippen LogP contribution in [-0.2, 0) is 30.7 Å². The van der Waals surface area contributed by atoms with Crippen LogP contribution in [0.2, 0.25) is 0 Å². The molecule has 1 aliphatic rings. The smallest absolute Gasteiger partial charge is 0.338 e. The lowest BCUT2D eigenvalue weighted by Gasteiger charge is -2.29. The number of rotatable bonds is 8. The van der Waals surface area contributed by atoms with Crippen LogP contribution in [0.5, 0.6) is 0 Å². The Hall–Kier alpha value is -1.93. The van der Waals surface area contributed by atoms with E-state index in [4.69, 9.17) is 9.47 Å². The maximum atomic E-state index is 12.7. The van der Waals surface area contributed by atoms with E-state index in [0.29, 0.717) is 25.1 Å². The summed E-state index contributed by atoms with van der Waals surface area (Å²) in [5.74, 6) is -0.914. The van der Waals surface area contributed by atoms with Crippen LogP contribution in [-0.4, -0.2) is 61.5 Å². The Morgan fingerprint density at radius 3 is 2.32 bits per heavy atom. The lowest BCUT2D eigenvalue weighted by molar-refractivity contribution is -0.141. The Bertz CT molecular complexity index is 787. The van der Waals surface area contributed by atoms with E-state index in [0.717, 1.165) is 5.56 Å². The Morgan fingerprint density at radius 1 is 1.18 bits per heavy atom. The molecule has 0 unspecified atom stereocenters. The molecule has 2 atom stereocenters. The molecule has 0 saturated carbocycles. The van der Waals surface area contributed by atoms with Crippen LogP contribution in [0.1, 0.15) is 50.0 Å². The summed E-state index contributed by atoms with van der Waals surface area (Å²) in [5.41, 5.74) is 1.29. The molecule has 1 aromatic rings. The summed E-state index contributed by atoms with van der Waals surface area (Å²) in [6.07, 6.45) is -0.449. The molecule has 156 valence electrons. The van der Waals surface area contributed by atoms with Gasteiger partial charge in [-0.1, -0.05) is 12.1 Å². The second-order valence-corrected chi connectivity index (χ2v) is 9.51. The summed E-state index contributed by atoms with van der Waals surface area (Å²) in [4.78, 5) is 26.5. The first-order valence-corrected chi connectivity index (χ1v) is 11.4. The molecule has 0 radical (unpaired) electrons. The second-order valence-electron chi connectivity index (χ2n) is 7.29. The van der Waals surface area contributed by atoms with E-state index in [1.54, 1.807) is 31.2 Å². The fraction of sp³-hybridized carbons (Fsp3) is 0.600. The second kappa shape index (κ2) is 9.52. The molecule has 0 spiro atoms. The van der Waals surface area contributed by atoms with E-state index < -0.39 is 21.9 Å². The predicted molar refractivity (Wildman–Crippen MR) is 106 cm³/mol. The molecule has 0 N–H and O–H groups in total. The first-order valence-electron chi connectivity index (χ1n) is 9.55. The lowest BCUT2D eigenvalue weighted by Crippen LogP contribution is -2.46. The van der Waals surface area contributed by atoms with Crippen molar-refractivity contribution in [3.63, 3.8) is 0 Å². The summed E-state index contributed by atoms with van der Waals surface area (Å²) in [5, 5.41) is 0. The minimum atomic E-state index is -3.10. The van der Waals surface area contributed by atoms with Gasteiger partial charge in [-0.15, -0.1) is 0 Å². The molecule has 1 aromatic carbocycles. The Labute approximate surface area is 166 Å². The number of nitrogens with zero attached hydrogens (tertiary/aromatic N) is 1. The van der Waals surface area contributed by atoms with E-state index in [9.17, 15) is 18.0 Å². The van der Waals surface area contributed by atoms with E-state index >= 15 is 0 Å². The normalized spacial score (nSPS) is 19.4. The molecule has 1 fully saturated rings. The monoisotopic (exact) mass is 411 g/mol. The molecule has 1 aliphatic heterocycles. The molecule has 28 heavy (non-hydrogen) atoms. The molecule has 8 heteroatoms. The van der Waals surface area contributed by atoms with Crippen LogP contribution in [0.15, 0.2) is 24.3 Å². The molecule has 1 heterocycles. The van der Waals surface area contributed by atoms with Crippen LogP contribution in [0.3, 0.4) is 0 Å². The molecule has 0 aromatic heterocycles. The summed E-state index contributed by atoms with van der Waals surface area (Å²) >= 11 is 0. The summed E-state index contributed by atoms with van der Waals surface area (Å²) in [7, 11) is -3.10. The van der Waals surface area contributed by atoms with E-state index in [-0.39, 0.29) is 29.6 Å². The molecule has 0 bridgehead atoms. The molecule has 1 amide bonds. The van der Waals surface area contributed by atoms with Crippen LogP contribution in [0, 0.1) is 0 Å². The minimum Gasteiger partial charge on any atom is -0.449 e. The van der Waals surface area contributed by atoms with Gasteiger partial charge in [-0.2, -0.15) is 0 Å². The van der Waals surface area contributed by atoms with Gasteiger partial charge in [-0.3, -0.25) is 4.79 Å². The third kappa shape index (κ3) is 6.04. The van der Waals surface area contributed by atoms with Crippen molar-refractivity contribution in [2.24, 2.45) is 0 Å². The zero-order valence-corrected chi connectivity index (χ0v) is 17.7. The van der Waals surface area contributed by atoms with E-state index in [2.05, 4.69) is 0 Å². The van der Waals surface area contributed by atoms with E-state index in [1.165, 1.54) is 11.8 Å². The maximum absolute atomic E-state index is 12.7. The number of ether oxygens (including phenoxy) is 2. The number of esters is 1. The van der Waals surface area contributed by atoms with Gasteiger partial charge in [-0.05, 0) is 51.8 Å². The molecular formula is C20H29NO6S. The highest BCUT2D eigenvalue weighted by Crippen LogP contribution is 2.19. The zero-order chi connectivity index (χ0) is 20.9. The van der Waals surface area contributed by atoms with Crippen LogP contribution in [0.25, 0.3) is 0 Å². The number of hydrogen-bond acceptors (Lipinski definition) is 6. The van der Waals surface area contributed by atoms with Crippen molar-refractivity contribution in [3.8, 4) is 0 Å². The van der Waals surface area contributed by atoms with Crippen molar-refractivity contribution in [3.05, 3.63) is 35.4 Å². The zero-order valence-electron chi connectivity index (χ0n) is 16.9. The highest BCUT2D eigenvalue weighted by atomic mass is 32.2. The van der Waals surface area contributed by atoms with Crippen molar-refractivity contribution in [1.29, 1.82) is 0 Å². The molecule has 2 rings (SSSR count). The molecule has 1 saturated heterocycles. The maximum Gasteiger partial charge on any atom is 0.338 e. The highest BCUT2D eigenvalue weighted by Gasteiger charge is 2.36. The van der Waals surface area contributed by atoms with Gasteiger partial charge in [0.1, 0.15) is 0 Å². The van der Waals surface area contributed by atoms with Crippen molar-refractivity contribution >= 4 is 21.7 Å². The van der Waals surface area contributed by atoms with Gasteiger partial charge in [0.15, 0.2) is 15.9 Å². The Kier molecular flexibility index (Phi) is 7.60. The van der Waals surface area contributed by atoms with Gasteiger partial charge >= 0.3 is 5.97 Å². The van der Waals surface area contributed by atoms with Gasteiger partial charge in [-0.25, -0.2) is 13.2 Å². The van der Waals surface area contributed by atoms with Crippen LogP contribution < -0.4 is 0 Å². The van der Waals surface area contributed by atoms with Gasteiger partial charge < -0.3 is 14.4 Å². The molecule has 0 aliphatic carbocycles. The number of carbonyl (C=O) groups is 2. The summed E-state index contributed by atoms with van der Waals surface area (Å²) in [6, 6.07) is 6.49. The Balaban J connectivity index is 1.96.